The van der Waals surface area contributed by atoms with E-state index in [4.69, 9.17) is 4.42 Å². The van der Waals surface area contributed by atoms with E-state index in [-0.39, 0.29) is 5.91 Å². The Balaban J connectivity index is 1.22. The van der Waals surface area contributed by atoms with Gasteiger partial charge >= 0.3 is 0 Å². The van der Waals surface area contributed by atoms with Crippen molar-refractivity contribution in [3.8, 4) is 11.6 Å². The molecular formula is C21H32N8O2. The number of aliphatic imine (C=N–C) groups is 1. The third-order valence-corrected chi connectivity index (χ3v) is 5.89. The quantitative estimate of drug-likeness (QED) is 0.544. The molecule has 2 saturated heterocycles. The minimum Gasteiger partial charge on any atom is -0.461 e. The van der Waals surface area contributed by atoms with Crippen LogP contribution in [0.4, 0.5) is 0 Å². The maximum atomic E-state index is 12.6. The van der Waals surface area contributed by atoms with Gasteiger partial charge in [0.2, 0.25) is 11.7 Å². The second kappa shape index (κ2) is 10.4. The highest BCUT2D eigenvalue weighted by atomic mass is 16.3. The van der Waals surface area contributed by atoms with Crippen LogP contribution in [0, 0.1) is 0 Å². The largest absolute Gasteiger partial charge is 0.461 e. The number of likely N-dealkylation sites (tertiary alicyclic amines) is 1. The number of carbonyl (C=O) groups is 1. The average Bonchev–Trinajstić information content (AvgIpc) is 3.41. The molecular weight excluding hydrogens is 396 g/mol. The molecule has 168 valence electrons. The SMILES string of the molecule is CN=C(NCc1nc(-c2ccco2)n[nH]1)N1CCN(CC(=O)N2CCCCCC2)CC1. The molecule has 2 N–H and O–H groups in total. The summed E-state index contributed by atoms with van der Waals surface area (Å²) in [6, 6.07) is 3.64. The van der Waals surface area contributed by atoms with Crippen LogP contribution in [0.5, 0.6) is 0 Å². The Hall–Kier alpha value is -2.88. The van der Waals surface area contributed by atoms with E-state index in [1.807, 2.05) is 17.0 Å². The lowest BCUT2D eigenvalue weighted by atomic mass is 10.2. The topological polar surface area (TPSA) is 106 Å². The minimum atomic E-state index is 0.274. The third-order valence-electron chi connectivity index (χ3n) is 5.89. The number of carbonyl (C=O) groups excluding carboxylic acids is 1. The summed E-state index contributed by atoms with van der Waals surface area (Å²) >= 11 is 0. The van der Waals surface area contributed by atoms with Crippen molar-refractivity contribution in [3.05, 3.63) is 24.2 Å². The predicted octanol–water partition coefficient (Wildman–Crippen LogP) is 1.16. The van der Waals surface area contributed by atoms with Crippen LogP contribution >= 0.6 is 0 Å². The maximum Gasteiger partial charge on any atom is 0.236 e. The molecule has 0 aromatic carbocycles. The lowest BCUT2D eigenvalue weighted by molar-refractivity contribution is -0.132. The zero-order chi connectivity index (χ0) is 21.5. The van der Waals surface area contributed by atoms with Crippen LogP contribution in [0.25, 0.3) is 11.6 Å². The first-order chi connectivity index (χ1) is 15.2. The fourth-order valence-electron chi connectivity index (χ4n) is 4.11. The molecule has 0 saturated carbocycles. The van der Waals surface area contributed by atoms with Crippen LogP contribution in [0.15, 0.2) is 27.8 Å². The van der Waals surface area contributed by atoms with E-state index < -0.39 is 0 Å². The number of amides is 1. The van der Waals surface area contributed by atoms with E-state index in [0.29, 0.717) is 30.5 Å². The molecule has 0 unspecified atom stereocenters. The molecule has 2 fully saturated rings. The van der Waals surface area contributed by atoms with E-state index in [1.165, 1.54) is 12.8 Å². The van der Waals surface area contributed by atoms with Gasteiger partial charge in [0.25, 0.3) is 0 Å². The van der Waals surface area contributed by atoms with Gasteiger partial charge in [-0.25, -0.2) is 4.98 Å². The van der Waals surface area contributed by atoms with Crippen molar-refractivity contribution < 1.29 is 9.21 Å². The molecule has 10 heteroatoms. The summed E-state index contributed by atoms with van der Waals surface area (Å²) in [7, 11) is 1.78. The predicted molar refractivity (Wildman–Crippen MR) is 117 cm³/mol. The van der Waals surface area contributed by atoms with Crippen molar-refractivity contribution in [2.75, 3.05) is 52.9 Å². The molecule has 0 bridgehead atoms. The van der Waals surface area contributed by atoms with Crippen molar-refractivity contribution in [2.24, 2.45) is 4.99 Å². The number of aromatic nitrogens is 3. The first kappa shape index (κ1) is 21.4. The van der Waals surface area contributed by atoms with Gasteiger partial charge in [-0.1, -0.05) is 12.8 Å². The number of guanidine groups is 1. The monoisotopic (exact) mass is 428 g/mol. The zero-order valence-electron chi connectivity index (χ0n) is 18.2. The molecule has 4 heterocycles. The first-order valence-corrected chi connectivity index (χ1v) is 11.1. The summed E-state index contributed by atoms with van der Waals surface area (Å²) in [5.74, 6) is 3.00. The van der Waals surface area contributed by atoms with E-state index in [1.54, 1.807) is 13.3 Å². The summed E-state index contributed by atoms with van der Waals surface area (Å²) < 4.78 is 5.33. The van der Waals surface area contributed by atoms with Crippen LogP contribution in [0.1, 0.15) is 31.5 Å². The number of rotatable bonds is 5. The number of piperazine rings is 1. The van der Waals surface area contributed by atoms with Crippen molar-refractivity contribution >= 4 is 11.9 Å². The summed E-state index contributed by atoms with van der Waals surface area (Å²) in [4.78, 5) is 28.0. The van der Waals surface area contributed by atoms with Crippen LogP contribution < -0.4 is 5.32 Å². The van der Waals surface area contributed by atoms with Crippen LogP contribution in [0.2, 0.25) is 0 Å². The van der Waals surface area contributed by atoms with Crippen molar-refractivity contribution in [1.82, 2.24) is 35.2 Å². The Morgan fingerprint density at radius 2 is 1.90 bits per heavy atom. The molecule has 0 aliphatic carbocycles. The first-order valence-electron chi connectivity index (χ1n) is 11.1. The molecule has 2 aromatic heterocycles. The van der Waals surface area contributed by atoms with E-state index >= 15 is 0 Å². The Bertz CT molecular complexity index is 847. The van der Waals surface area contributed by atoms with Crippen molar-refractivity contribution in [3.63, 3.8) is 0 Å². The maximum absolute atomic E-state index is 12.6. The highest BCUT2D eigenvalue weighted by molar-refractivity contribution is 5.80. The molecule has 31 heavy (non-hydrogen) atoms. The van der Waals surface area contributed by atoms with Gasteiger partial charge in [0.05, 0.1) is 19.4 Å². The van der Waals surface area contributed by atoms with E-state index in [2.05, 4.69) is 35.3 Å². The standard InChI is InChI=1S/C21H32N8O2/c1-22-21(23-15-18-24-20(26-25-18)17-7-6-14-31-17)29-12-10-27(11-13-29)16-19(30)28-8-4-2-3-5-9-28/h6-7,14H,2-5,8-13,15-16H2,1H3,(H,22,23)(H,24,25,26). The van der Waals surface area contributed by atoms with Gasteiger partial charge in [-0.15, -0.1) is 5.10 Å². The normalized spacial score (nSPS) is 18.8. The molecule has 4 rings (SSSR count). The van der Waals surface area contributed by atoms with Gasteiger partial charge in [-0.3, -0.25) is 19.8 Å². The Labute approximate surface area is 182 Å². The number of H-pyrrole nitrogens is 1. The zero-order valence-corrected chi connectivity index (χ0v) is 18.2. The highest BCUT2D eigenvalue weighted by Gasteiger charge is 2.24. The van der Waals surface area contributed by atoms with Gasteiger partial charge < -0.3 is 19.5 Å². The summed E-state index contributed by atoms with van der Waals surface area (Å²) in [5, 5.41) is 10.5. The van der Waals surface area contributed by atoms with Crippen molar-refractivity contribution in [1.29, 1.82) is 0 Å². The number of hydrogen-bond acceptors (Lipinski definition) is 6. The second-order valence-corrected chi connectivity index (χ2v) is 8.04. The second-order valence-electron chi connectivity index (χ2n) is 8.04. The van der Waals surface area contributed by atoms with Gasteiger partial charge in [-0.2, -0.15) is 0 Å². The van der Waals surface area contributed by atoms with Gasteiger partial charge in [0, 0.05) is 46.3 Å². The average molecular weight is 429 g/mol. The number of nitrogens with one attached hydrogen (secondary N) is 2. The lowest BCUT2D eigenvalue weighted by Crippen LogP contribution is -2.54. The van der Waals surface area contributed by atoms with Crippen LogP contribution in [-0.4, -0.2) is 94.6 Å². The molecule has 1 amide bonds. The van der Waals surface area contributed by atoms with Gasteiger partial charge in [0.15, 0.2) is 11.7 Å². The number of furan rings is 1. The highest BCUT2D eigenvalue weighted by Crippen LogP contribution is 2.14. The molecule has 2 aromatic rings. The minimum absolute atomic E-state index is 0.274. The lowest BCUT2D eigenvalue weighted by Gasteiger charge is -2.36. The summed E-state index contributed by atoms with van der Waals surface area (Å²) in [6.07, 6.45) is 6.36. The summed E-state index contributed by atoms with van der Waals surface area (Å²) in [6.45, 7) is 6.22. The fraction of sp³-hybridized carbons (Fsp3) is 0.619. The Morgan fingerprint density at radius 3 is 2.58 bits per heavy atom. The van der Waals surface area contributed by atoms with Crippen LogP contribution in [-0.2, 0) is 11.3 Å². The van der Waals surface area contributed by atoms with Crippen LogP contribution in [0.3, 0.4) is 0 Å². The molecule has 0 atom stereocenters. The molecule has 2 aliphatic heterocycles. The molecule has 10 nitrogen and oxygen atoms in total. The third kappa shape index (κ3) is 5.63. The van der Waals surface area contributed by atoms with Gasteiger partial charge in [-0.05, 0) is 25.0 Å². The van der Waals surface area contributed by atoms with Crippen molar-refractivity contribution in [2.45, 2.75) is 32.2 Å². The Kier molecular flexibility index (Phi) is 7.18. The Morgan fingerprint density at radius 1 is 1.13 bits per heavy atom. The van der Waals surface area contributed by atoms with E-state index in [9.17, 15) is 4.79 Å². The number of hydrogen-bond donors (Lipinski definition) is 2. The molecule has 2 aliphatic rings. The van der Waals surface area contributed by atoms with E-state index in [0.717, 1.165) is 58.1 Å². The van der Waals surface area contributed by atoms with Gasteiger partial charge in [0.1, 0.15) is 5.82 Å². The fourth-order valence-corrected chi connectivity index (χ4v) is 4.11. The summed E-state index contributed by atoms with van der Waals surface area (Å²) in [5.41, 5.74) is 0. The molecule has 0 radical (unpaired) electrons. The number of nitrogens with zero attached hydrogens (tertiary/aromatic N) is 6. The molecule has 0 spiro atoms. The smallest absolute Gasteiger partial charge is 0.236 e. The number of aromatic amines is 1.